The van der Waals surface area contributed by atoms with Crippen LogP contribution in [0.5, 0.6) is 5.75 Å². The molecule has 0 amide bonds. The Morgan fingerprint density at radius 3 is 2.59 bits per heavy atom. The zero-order valence-corrected chi connectivity index (χ0v) is 16.6. The second-order valence-electron chi connectivity index (χ2n) is 6.39. The number of aryl methyl sites for hydroxylation is 1. The van der Waals surface area contributed by atoms with Gasteiger partial charge in [0.25, 0.3) is 0 Å². The molecule has 0 saturated heterocycles. The van der Waals surface area contributed by atoms with Crippen LogP contribution in [-0.2, 0) is 18.9 Å². The molecular formula is C17H24N8OS. The summed E-state index contributed by atoms with van der Waals surface area (Å²) in [4.78, 5) is 0. The molecule has 1 aromatic carbocycles. The van der Waals surface area contributed by atoms with Gasteiger partial charge < -0.3 is 10.6 Å². The van der Waals surface area contributed by atoms with Crippen LogP contribution >= 0.6 is 11.8 Å². The maximum absolute atomic E-state index is 6.10. The first kappa shape index (κ1) is 19.2. The van der Waals surface area contributed by atoms with E-state index in [1.54, 1.807) is 4.68 Å². The lowest BCUT2D eigenvalue weighted by Crippen LogP contribution is -2.16. The van der Waals surface area contributed by atoms with Gasteiger partial charge in [0.15, 0.2) is 11.6 Å². The summed E-state index contributed by atoms with van der Waals surface area (Å²) in [5.41, 5.74) is 1.27. The zero-order chi connectivity index (χ0) is 19.2. The van der Waals surface area contributed by atoms with Crippen molar-refractivity contribution < 1.29 is 4.74 Å². The van der Waals surface area contributed by atoms with E-state index in [1.807, 2.05) is 12.1 Å². The zero-order valence-electron chi connectivity index (χ0n) is 15.7. The maximum Gasteiger partial charge on any atom is 0.210 e. The molecule has 0 aliphatic heterocycles. The first-order valence-electron chi connectivity index (χ1n) is 8.88. The molecule has 27 heavy (non-hydrogen) atoms. The summed E-state index contributed by atoms with van der Waals surface area (Å²) in [5, 5.41) is 20.6. The molecule has 0 spiro atoms. The molecule has 3 rings (SSSR count). The summed E-state index contributed by atoms with van der Waals surface area (Å²) in [5.74, 6) is 9.27. The number of nitrogens with two attached hydrogens (primary N) is 1. The van der Waals surface area contributed by atoms with Gasteiger partial charge in [0.2, 0.25) is 5.16 Å². The van der Waals surface area contributed by atoms with Gasteiger partial charge in [-0.1, -0.05) is 44.7 Å². The van der Waals surface area contributed by atoms with Crippen LogP contribution in [0.4, 0.5) is 0 Å². The van der Waals surface area contributed by atoms with Crippen molar-refractivity contribution in [3.05, 3.63) is 41.5 Å². The molecule has 0 atom stereocenters. The molecule has 0 aliphatic carbocycles. The van der Waals surface area contributed by atoms with Crippen molar-refractivity contribution in [3.63, 3.8) is 0 Å². The summed E-state index contributed by atoms with van der Waals surface area (Å²) in [6.07, 6.45) is 0.968. The number of nitrogen functional groups attached to an aromatic ring is 1. The fourth-order valence-electron chi connectivity index (χ4n) is 2.44. The monoisotopic (exact) mass is 388 g/mol. The van der Waals surface area contributed by atoms with Crippen LogP contribution < -0.4 is 10.6 Å². The standard InChI is InChI=1S/C17H24N8OS/c1-4-9-24-16(20-22-23-24)11-27-17-21-19-15(25(17)18)10-26-14-7-5-13(6-8-14)12(2)3/h5-8,12H,4,9-11,18H2,1-3H3. The van der Waals surface area contributed by atoms with Crippen molar-refractivity contribution >= 4 is 11.8 Å². The van der Waals surface area contributed by atoms with Gasteiger partial charge in [-0.2, -0.15) is 0 Å². The van der Waals surface area contributed by atoms with Gasteiger partial charge in [0.1, 0.15) is 12.4 Å². The van der Waals surface area contributed by atoms with Crippen LogP contribution in [0, 0.1) is 0 Å². The highest BCUT2D eigenvalue weighted by Crippen LogP contribution is 2.21. The summed E-state index contributed by atoms with van der Waals surface area (Å²) in [6.45, 7) is 7.43. The third kappa shape index (κ3) is 4.76. The Hall–Kier alpha value is -2.62. The van der Waals surface area contributed by atoms with E-state index in [2.05, 4.69) is 58.6 Å². The number of benzene rings is 1. The highest BCUT2D eigenvalue weighted by Gasteiger charge is 2.13. The molecule has 0 bridgehead atoms. The van der Waals surface area contributed by atoms with Gasteiger partial charge in [-0.3, -0.25) is 0 Å². The van der Waals surface area contributed by atoms with Crippen LogP contribution in [-0.4, -0.2) is 35.1 Å². The molecule has 0 fully saturated rings. The minimum Gasteiger partial charge on any atom is -0.486 e. The summed E-state index contributed by atoms with van der Waals surface area (Å²) in [7, 11) is 0. The van der Waals surface area contributed by atoms with Crippen molar-refractivity contribution in [3.8, 4) is 5.75 Å². The molecule has 0 unspecified atom stereocenters. The summed E-state index contributed by atoms with van der Waals surface area (Å²) >= 11 is 1.44. The van der Waals surface area contributed by atoms with E-state index >= 15 is 0 Å². The highest BCUT2D eigenvalue weighted by molar-refractivity contribution is 7.98. The van der Waals surface area contributed by atoms with Crippen molar-refractivity contribution in [1.29, 1.82) is 0 Å². The van der Waals surface area contributed by atoms with E-state index in [1.165, 1.54) is 22.0 Å². The number of aromatic nitrogens is 7. The van der Waals surface area contributed by atoms with Crippen molar-refractivity contribution in [2.45, 2.75) is 57.2 Å². The molecular weight excluding hydrogens is 364 g/mol. The van der Waals surface area contributed by atoms with Gasteiger partial charge in [-0.25, -0.2) is 9.36 Å². The molecule has 2 heterocycles. The largest absolute Gasteiger partial charge is 0.486 e. The number of nitrogens with zero attached hydrogens (tertiary/aromatic N) is 7. The quantitative estimate of drug-likeness (QED) is 0.439. The third-order valence-corrected chi connectivity index (χ3v) is 4.96. The molecule has 0 saturated carbocycles. The normalized spacial score (nSPS) is 11.3. The van der Waals surface area contributed by atoms with E-state index in [9.17, 15) is 0 Å². The van der Waals surface area contributed by atoms with Crippen LogP contribution in [0.3, 0.4) is 0 Å². The van der Waals surface area contributed by atoms with Gasteiger partial charge in [-0.15, -0.1) is 15.3 Å². The predicted molar refractivity (Wildman–Crippen MR) is 103 cm³/mol. The van der Waals surface area contributed by atoms with Crippen molar-refractivity contribution in [1.82, 2.24) is 35.1 Å². The molecule has 2 N–H and O–H groups in total. The lowest BCUT2D eigenvalue weighted by Gasteiger charge is -2.09. The minimum atomic E-state index is 0.249. The van der Waals surface area contributed by atoms with Gasteiger partial charge >= 0.3 is 0 Å². The fraction of sp³-hybridized carbons (Fsp3) is 0.471. The topological polar surface area (TPSA) is 110 Å². The SMILES string of the molecule is CCCn1nnnc1CSc1nnc(COc2ccc(C(C)C)cc2)n1N. The van der Waals surface area contributed by atoms with Gasteiger partial charge in [-0.05, 0) is 40.5 Å². The van der Waals surface area contributed by atoms with Crippen LogP contribution in [0.15, 0.2) is 29.4 Å². The molecule has 2 aromatic heterocycles. The van der Waals surface area contributed by atoms with E-state index < -0.39 is 0 Å². The lowest BCUT2D eigenvalue weighted by atomic mass is 10.0. The summed E-state index contributed by atoms with van der Waals surface area (Å²) in [6, 6.07) is 8.04. The number of hydrogen-bond donors (Lipinski definition) is 1. The Morgan fingerprint density at radius 1 is 1.11 bits per heavy atom. The number of hydrogen-bond acceptors (Lipinski definition) is 8. The Bertz CT molecular complexity index is 858. The number of ether oxygens (including phenoxy) is 1. The second kappa shape index (κ2) is 8.85. The van der Waals surface area contributed by atoms with Gasteiger partial charge in [0.05, 0.1) is 5.75 Å². The molecule has 144 valence electrons. The van der Waals surface area contributed by atoms with Crippen molar-refractivity contribution in [2.24, 2.45) is 0 Å². The van der Waals surface area contributed by atoms with E-state index in [0.29, 0.717) is 22.7 Å². The van der Waals surface area contributed by atoms with E-state index in [4.69, 9.17) is 10.6 Å². The Balaban J connectivity index is 1.57. The maximum atomic E-state index is 6.10. The smallest absolute Gasteiger partial charge is 0.210 e. The number of rotatable bonds is 9. The first-order valence-corrected chi connectivity index (χ1v) is 9.87. The van der Waals surface area contributed by atoms with Crippen LogP contribution in [0.1, 0.15) is 50.3 Å². The molecule has 9 nitrogen and oxygen atoms in total. The first-order chi connectivity index (χ1) is 13.1. The predicted octanol–water partition coefficient (Wildman–Crippen LogP) is 2.38. The van der Waals surface area contributed by atoms with E-state index in [-0.39, 0.29) is 6.61 Å². The molecule has 10 heteroatoms. The lowest BCUT2D eigenvalue weighted by molar-refractivity contribution is 0.291. The number of tetrazole rings is 1. The van der Waals surface area contributed by atoms with Crippen molar-refractivity contribution in [2.75, 3.05) is 5.84 Å². The van der Waals surface area contributed by atoms with Crippen LogP contribution in [0.25, 0.3) is 0 Å². The van der Waals surface area contributed by atoms with E-state index in [0.717, 1.165) is 24.5 Å². The average molecular weight is 389 g/mol. The average Bonchev–Trinajstić information content (AvgIpc) is 3.25. The molecule has 0 aliphatic rings. The number of thioether (sulfide) groups is 1. The minimum absolute atomic E-state index is 0.249. The second-order valence-corrected chi connectivity index (χ2v) is 7.33. The fourth-order valence-corrected chi connectivity index (χ4v) is 3.25. The summed E-state index contributed by atoms with van der Waals surface area (Å²) < 4.78 is 9.01. The third-order valence-electron chi connectivity index (χ3n) is 4.02. The Labute approximate surface area is 162 Å². The molecule has 0 radical (unpaired) electrons. The Kier molecular flexibility index (Phi) is 6.28. The van der Waals surface area contributed by atoms with Crippen LogP contribution in [0.2, 0.25) is 0 Å². The van der Waals surface area contributed by atoms with Gasteiger partial charge in [0, 0.05) is 6.54 Å². The molecule has 3 aromatic rings. The highest BCUT2D eigenvalue weighted by atomic mass is 32.2. The Morgan fingerprint density at radius 2 is 1.89 bits per heavy atom.